The van der Waals surface area contributed by atoms with Gasteiger partial charge in [0.1, 0.15) is 15.8 Å². The average Bonchev–Trinajstić information content (AvgIpc) is 3.12. The van der Waals surface area contributed by atoms with E-state index in [0.29, 0.717) is 25.8 Å². The molecule has 1 aliphatic heterocycles. The fourth-order valence-electron chi connectivity index (χ4n) is 2.26. The summed E-state index contributed by atoms with van der Waals surface area (Å²) in [6, 6.07) is 10.8. The number of hydrogen-bond donors (Lipinski definition) is 1. The fourth-order valence-corrected chi connectivity index (χ4v) is 3.74. The maximum Gasteiger partial charge on any atom is 0.305 e. The number of thiocarbonyl (C=S) groups is 1. The molecule has 1 aromatic heterocycles. The SMILES string of the molecule is O=C(O)CCN1C(=O)/C(=C\c2ccc(-c3cccc(Cl)c3)o2)SC1=S. The molecular weight excluding hydrogens is 382 g/mol. The van der Waals surface area contributed by atoms with Crippen molar-refractivity contribution in [2.45, 2.75) is 6.42 Å². The molecule has 0 saturated carbocycles. The molecule has 1 N–H and O–H groups in total. The van der Waals surface area contributed by atoms with Gasteiger partial charge in [-0.05, 0) is 24.3 Å². The quantitative estimate of drug-likeness (QED) is 0.604. The van der Waals surface area contributed by atoms with E-state index in [-0.39, 0.29) is 18.9 Å². The lowest BCUT2D eigenvalue weighted by Crippen LogP contribution is -2.30. The molecule has 8 heteroatoms. The largest absolute Gasteiger partial charge is 0.481 e. The van der Waals surface area contributed by atoms with Gasteiger partial charge in [0.2, 0.25) is 0 Å². The minimum absolute atomic E-state index is 0.0588. The van der Waals surface area contributed by atoms with Gasteiger partial charge < -0.3 is 9.52 Å². The Kier molecular flexibility index (Phi) is 5.27. The summed E-state index contributed by atoms with van der Waals surface area (Å²) in [6.07, 6.45) is 1.45. The third kappa shape index (κ3) is 4.12. The van der Waals surface area contributed by atoms with Gasteiger partial charge in [-0.3, -0.25) is 14.5 Å². The first kappa shape index (κ1) is 17.7. The fraction of sp³-hybridized carbons (Fsp3) is 0.118. The molecule has 25 heavy (non-hydrogen) atoms. The average molecular weight is 394 g/mol. The van der Waals surface area contributed by atoms with E-state index in [9.17, 15) is 9.59 Å². The second-order valence-electron chi connectivity index (χ2n) is 5.19. The molecule has 1 aliphatic rings. The summed E-state index contributed by atoms with van der Waals surface area (Å²) < 4.78 is 6.09. The number of benzene rings is 1. The molecule has 0 radical (unpaired) electrons. The zero-order valence-corrected chi connectivity index (χ0v) is 15.2. The highest BCUT2D eigenvalue weighted by molar-refractivity contribution is 8.26. The van der Waals surface area contributed by atoms with Crippen LogP contribution in [0.4, 0.5) is 0 Å². The van der Waals surface area contributed by atoms with Crippen molar-refractivity contribution in [1.29, 1.82) is 0 Å². The highest BCUT2D eigenvalue weighted by Crippen LogP contribution is 2.33. The van der Waals surface area contributed by atoms with Crippen molar-refractivity contribution >= 4 is 57.9 Å². The third-order valence-corrected chi connectivity index (χ3v) is 5.05. The number of halogens is 1. The molecular formula is C17H12ClNO4S2. The molecule has 1 amide bonds. The number of nitrogens with zero attached hydrogens (tertiary/aromatic N) is 1. The maximum absolute atomic E-state index is 12.4. The van der Waals surface area contributed by atoms with Crippen LogP contribution >= 0.6 is 35.6 Å². The van der Waals surface area contributed by atoms with Crippen LogP contribution in [0.15, 0.2) is 45.7 Å². The first-order chi connectivity index (χ1) is 11.9. The van der Waals surface area contributed by atoms with Crippen LogP contribution in [-0.4, -0.2) is 32.7 Å². The Morgan fingerprint density at radius 3 is 2.88 bits per heavy atom. The summed E-state index contributed by atoms with van der Waals surface area (Å²) in [5, 5.41) is 9.36. The topological polar surface area (TPSA) is 70.8 Å². The minimum atomic E-state index is -0.977. The van der Waals surface area contributed by atoms with Gasteiger partial charge in [-0.1, -0.05) is 47.7 Å². The van der Waals surface area contributed by atoms with Crippen molar-refractivity contribution in [3.63, 3.8) is 0 Å². The first-order valence-electron chi connectivity index (χ1n) is 7.27. The Hall–Kier alpha value is -2.09. The highest BCUT2D eigenvalue weighted by Gasteiger charge is 2.32. The van der Waals surface area contributed by atoms with E-state index in [4.69, 9.17) is 33.3 Å². The lowest BCUT2D eigenvalue weighted by atomic mass is 10.2. The summed E-state index contributed by atoms with van der Waals surface area (Å²) in [5.41, 5.74) is 0.834. The molecule has 2 aromatic rings. The summed E-state index contributed by atoms with van der Waals surface area (Å²) >= 11 is 12.3. The van der Waals surface area contributed by atoms with Crippen molar-refractivity contribution < 1.29 is 19.1 Å². The van der Waals surface area contributed by atoms with Gasteiger partial charge in [0, 0.05) is 23.2 Å². The molecule has 1 aromatic carbocycles. The van der Waals surface area contributed by atoms with E-state index in [2.05, 4.69) is 0 Å². The standard InChI is InChI=1S/C17H12ClNO4S2/c18-11-3-1-2-10(8-11)13-5-4-12(23-13)9-14-16(22)19(17(24)25-14)7-6-15(20)21/h1-5,8-9H,6-7H2,(H,20,21)/b14-9+. The van der Waals surface area contributed by atoms with Crippen LogP contribution in [0.5, 0.6) is 0 Å². The number of rotatable bonds is 5. The number of thioether (sulfide) groups is 1. The second-order valence-corrected chi connectivity index (χ2v) is 7.30. The Balaban J connectivity index is 1.79. The third-order valence-electron chi connectivity index (χ3n) is 3.43. The first-order valence-corrected chi connectivity index (χ1v) is 8.87. The normalized spacial score (nSPS) is 16.0. The maximum atomic E-state index is 12.4. The second kappa shape index (κ2) is 7.43. The van der Waals surface area contributed by atoms with E-state index in [0.717, 1.165) is 17.3 Å². The zero-order chi connectivity index (χ0) is 18.0. The van der Waals surface area contributed by atoms with Crippen LogP contribution < -0.4 is 0 Å². The number of carbonyl (C=O) groups is 2. The number of carbonyl (C=O) groups excluding carboxylic acids is 1. The molecule has 0 bridgehead atoms. The number of furan rings is 1. The smallest absolute Gasteiger partial charge is 0.305 e. The summed E-state index contributed by atoms with van der Waals surface area (Å²) in [4.78, 5) is 24.7. The van der Waals surface area contributed by atoms with Crippen LogP contribution in [0, 0.1) is 0 Å². The van der Waals surface area contributed by atoms with Gasteiger partial charge in [0.05, 0.1) is 11.3 Å². The van der Waals surface area contributed by atoms with E-state index < -0.39 is 5.97 Å². The molecule has 0 atom stereocenters. The molecule has 1 fully saturated rings. The minimum Gasteiger partial charge on any atom is -0.481 e. The van der Waals surface area contributed by atoms with Gasteiger partial charge in [-0.25, -0.2) is 0 Å². The van der Waals surface area contributed by atoms with Gasteiger partial charge >= 0.3 is 5.97 Å². The van der Waals surface area contributed by atoms with Crippen LogP contribution in [0.1, 0.15) is 12.2 Å². The summed E-state index contributed by atoms with van der Waals surface area (Å²) in [5.74, 6) is -0.143. The predicted octanol–water partition coefficient (Wildman–Crippen LogP) is 4.28. The lowest BCUT2D eigenvalue weighted by Gasteiger charge is -2.12. The van der Waals surface area contributed by atoms with Crippen molar-refractivity contribution in [2.75, 3.05) is 6.54 Å². The number of carboxylic acid groups (broad SMARTS) is 1. The molecule has 3 rings (SSSR count). The Morgan fingerprint density at radius 1 is 1.36 bits per heavy atom. The highest BCUT2D eigenvalue weighted by atomic mass is 35.5. The van der Waals surface area contributed by atoms with E-state index >= 15 is 0 Å². The molecule has 0 spiro atoms. The molecule has 2 heterocycles. The van der Waals surface area contributed by atoms with Crippen LogP contribution in [-0.2, 0) is 9.59 Å². The van der Waals surface area contributed by atoms with Crippen molar-refractivity contribution in [3.8, 4) is 11.3 Å². The van der Waals surface area contributed by atoms with Gasteiger partial charge in [0.15, 0.2) is 0 Å². The van der Waals surface area contributed by atoms with E-state index in [1.54, 1.807) is 30.3 Å². The van der Waals surface area contributed by atoms with E-state index in [1.807, 2.05) is 12.1 Å². The molecule has 128 valence electrons. The van der Waals surface area contributed by atoms with Crippen molar-refractivity contribution in [1.82, 2.24) is 4.90 Å². The molecule has 1 saturated heterocycles. The predicted molar refractivity (Wildman–Crippen MR) is 101 cm³/mol. The Labute approximate surface area is 158 Å². The lowest BCUT2D eigenvalue weighted by molar-refractivity contribution is -0.137. The summed E-state index contributed by atoms with van der Waals surface area (Å²) in [7, 11) is 0. The van der Waals surface area contributed by atoms with Crippen LogP contribution in [0.3, 0.4) is 0 Å². The van der Waals surface area contributed by atoms with Gasteiger partial charge in [0.25, 0.3) is 5.91 Å². The van der Waals surface area contributed by atoms with E-state index in [1.165, 1.54) is 4.90 Å². The Morgan fingerprint density at radius 2 is 2.16 bits per heavy atom. The van der Waals surface area contributed by atoms with Crippen LogP contribution in [0.25, 0.3) is 17.4 Å². The Bertz CT molecular complexity index is 890. The summed E-state index contributed by atoms with van der Waals surface area (Å²) in [6.45, 7) is 0.0588. The van der Waals surface area contributed by atoms with Crippen molar-refractivity contribution in [3.05, 3.63) is 52.1 Å². The zero-order valence-electron chi connectivity index (χ0n) is 12.8. The molecule has 5 nitrogen and oxygen atoms in total. The molecule has 0 aliphatic carbocycles. The number of hydrogen-bond acceptors (Lipinski definition) is 5. The number of aliphatic carboxylic acids is 1. The van der Waals surface area contributed by atoms with Gasteiger partial charge in [-0.2, -0.15) is 0 Å². The number of carboxylic acids is 1. The van der Waals surface area contributed by atoms with Crippen LogP contribution in [0.2, 0.25) is 5.02 Å². The molecule has 0 unspecified atom stereocenters. The monoisotopic (exact) mass is 393 g/mol. The van der Waals surface area contributed by atoms with Crippen molar-refractivity contribution in [2.24, 2.45) is 0 Å². The number of amides is 1. The van der Waals surface area contributed by atoms with Gasteiger partial charge in [-0.15, -0.1) is 0 Å².